The van der Waals surface area contributed by atoms with Crippen molar-refractivity contribution in [3.8, 4) is 0 Å². The van der Waals surface area contributed by atoms with Gasteiger partial charge in [-0.2, -0.15) is 0 Å². The Labute approximate surface area is 125 Å². The summed E-state index contributed by atoms with van der Waals surface area (Å²) in [6.45, 7) is 1.71. The second kappa shape index (κ2) is 5.67. The Balaban J connectivity index is 1.83. The first-order valence-corrected chi connectivity index (χ1v) is 6.90. The number of amides is 1. The Bertz CT molecular complexity index is 731. The minimum Gasteiger partial charge on any atom is -0.348 e. The summed E-state index contributed by atoms with van der Waals surface area (Å²) in [4.78, 5) is 20.2. The van der Waals surface area contributed by atoms with Gasteiger partial charge in [0.05, 0.1) is 5.69 Å². The van der Waals surface area contributed by atoms with Crippen LogP contribution in [-0.2, 0) is 0 Å². The van der Waals surface area contributed by atoms with Gasteiger partial charge in [0.15, 0.2) is 0 Å². The van der Waals surface area contributed by atoms with E-state index < -0.39 is 11.6 Å². The van der Waals surface area contributed by atoms with E-state index in [9.17, 15) is 13.6 Å². The van der Waals surface area contributed by atoms with Crippen molar-refractivity contribution in [2.75, 3.05) is 5.32 Å². The van der Waals surface area contributed by atoms with E-state index in [2.05, 4.69) is 20.6 Å². The van der Waals surface area contributed by atoms with Crippen molar-refractivity contribution in [3.63, 3.8) is 0 Å². The quantitative estimate of drug-likeness (QED) is 0.911. The van der Waals surface area contributed by atoms with Crippen LogP contribution >= 0.6 is 0 Å². The third-order valence-electron chi connectivity index (χ3n) is 3.18. The number of hydrogen-bond acceptors (Lipinski definition) is 4. The van der Waals surface area contributed by atoms with Gasteiger partial charge >= 0.3 is 0 Å². The summed E-state index contributed by atoms with van der Waals surface area (Å²) < 4.78 is 26.5. The Morgan fingerprint density at radius 3 is 2.68 bits per heavy atom. The molecule has 0 unspecified atom stereocenters. The van der Waals surface area contributed by atoms with Gasteiger partial charge in [0.2, 0.25) is 5.95 Å². The average Bonchev–Trinajstić information content (AvgIpc) is 3.25. The Kier molecular flexibility index (Phi) is 3.70. The third-order valence-corrected chi connectivity index (χ3v) is 3.18. The van der Waals surface area contributed by atoms with Crippen LogP contribution in [0.3, 0.4) is 0 Å². The van der Waals surface area contributed by atoms with Crippen LogP contribution in [0.5, 0.6) is 0 Å². The lowest BCUT2D eigenvalue weighted by Gasteiger charge is -2.09. The van der Waals surface area contributed by atoms with E-state index in [1.807, 2.05) is 0 Å². The highest BCUT2D eigenvalue weighted by Crippen LogP contribution is 2.21. The number of anilines is 2. The van der Waals surface area contributed by atoms with E-state index >= 15 is 0 Å². The SMILES string of the molecule is Cc1cc(C(=O)NC2CC2)nc(Nc2ccc(F)cc2F)n1. The summed E-state index contributed by atoms with van der Waals surface area (Å²) in [5.41, 5.74) is 0.825. The number of aromatic nitrogens is 2. The van der Waals surface area contributed by atoms with E-state index in [1.165, 1.54) is 6.07 Å². The van der Waals surface area contributed by atoms with Gasteiger partial charge in [-0.3, -0.25) is 4.79 Å². The lowest BCUT2D eigenvalue weighted by atomic mass is 10.3. The van der Waals surface area contributed by atoms with Gasteiger partial charge in [0.1, 0.15) is 17.3 Å². The van der Waals surface area contributed by atoms with Gasteiger partial charge in [0.25, 0.3) is 5.91 Å². The van der Waals surface area contributed by atoms with Gasteiger partial charge < -0.3 is 10.6 Å². The highest BCUT2D eigenvalue weighted by Gasteiger charge is 2.24. The molecular formula is C15H14F2N4O. The minimum absolute atomic E-state index is 0.0422. The van der Waals surface area contributed by atoms with Crippen LogP contribution in [0.4, 0.5) is 20.4 Å². The van der Waals surface area contributed by atoms with Gasteiger partial charge in [0, 0.05) is 17.8 Å². The molecule has 2 aromatic rings. The Morgan fingerprint density at radius 2 is 2.00 bits per heavy atom. The molecule has 1 saturated carbocycles. The number of rotatable bonds is 4. The normalized spacial score (nSPS) is 13.8. The van der Waals surface area contributed by atoms with Crippen molar-refractivity contribution in [1.82, 2.24) is 15.3 Å². The molecule has 1 heterocycles. The average molecular weight is 304 g/mol. The van der Waals surface area contributed by atoms with Crippen LogP contribution in [0.2, 0.25) is 0 Å². The predicted molar refractivity (Wildman–Crippen MR) is 76.9 cm³/mol. The van der Waals surface area contributed by atoms with Crippen molar-refractivity contribution >= 4 is 17.5 Å². The van der Waals surface area contributed by atoms with Crippen molar-refractivity contribution in [3.05, 3.63) is 47.3 Å². The topological polar surface area (TPSA) is 66.9 Å². The van der Waals surface area contributed by atoms with Gasteiger partial charge in [-0.15, -0.1) is 0 Å². The molecule has 1 aliphatic carbocycles. The minimum atomic E-state index is -0.755. The number of halogens is 2. The molecular weight excluding hydrogens is 290 g/mol. The summed E-state index contributed by atoms with van der Waals surface area (Å²) in [5.74, 6) is -1.62. The Morgan fingerprint density at radius 1 is 1.23 bits per heavy atom. The number of carbonyl (C=O) groups excluding carboxylic acids is 1. The lowest BCUT2D eigenvalue weighted by molar-refractivity contribution is 0.0946. The molecule has 114 valence electrons. The maximum absolute atomic E-state index is 13.6. The molecule has 0 bridgehead atoms. The van der Waals surface area contributed by atoms with Crippen LogP contribution in [0.15, 0.2) is 24.3 Å². The molecule has 0 radical (unpaired) electrons. The number of benzene rings is 1. The molecule has 0 aliphatic heterocycles. The molecule has 1 aromatic carbocycles. The maximum Gasteiger partial charge on any atom is 0.270 e. The monoisotopic (exact) mass is 304 g/mol. The summed E-state index contributed by atoms with van der Waals surface area (Å²) in [5, 5.41) is 5.49. The highest BCUT2D eigenvalue weighted by atomic mass is 19.1. The predicted octanol–water partition coefficient (Wildman–Crippen LogP) is 2.70. The first-order chi connectivity index (χ1) is 10.5. The third kappa shape index (κ3) is 3.36. The zero-order valence-electron chi connectivity index (χ0n) is 11.9. The van der Waals surface area contributed by atoms with E-state index in [-0.39, 0.29) is 29.3 Å². The number of nitrogens with zero attached hydrogens (tertiary/aromatic N) is 2. The summed E-state index contributed by atoms with van der Waals surface area (Å²) in [7, 11) is 0. The fourth-order valence-corrected chi connectivity index (χ4v) is 1.94. The number of nitrogens with one attached hydrogen (secondary N) is 2. The molecule has 5 nitrogen and oxygen atoms in total. The lowest BCUT2D eigenvalue weighted by Crippen LogP contribution is -2.26. The molecule has 3 rings (SSSR count). The van der Waals surface area contributed by atoms with Gasteiger partial charge in [-0.25, -0.2) is 18.7 Å². The second-order valence-corrected chi connectivity index (χ2v) is 5.22. The first kappa shape index (κ1) is 14.4. The smallest absolute Gasteiger partial charge is 0.270 e. The van der Waals surface area contributed by atoms with Gasteiger partial charge in [-0.05, 0) is 38.0 Å². The summed E-state index contributed by atoms with van der Waals surface area (Å²) in [6.07, 6.45) is 1.95. The molecule has 7 heteroatoms. The number of hydrogen-bond donors (Lipinski definition) is 2. The molecule has 0 spiro atoms. The molecule has 1 aromatic heterocycles. The van der Waals surface area contributed by atoms with Gasteiger partial charge in [-0.1, -0.05) is 0 Å². The first-order valence-electron chi connectivity index (χ1n) is 6.90. The standard InChI is InChI=1S/C15H14F2N4O/c1-8-6-13(14(22)19-10-3-4-10)21-15(18-8)20-12-5-2-9(16)7-11(12)17/h2,5-7,10H,3-4H2,1H3,(H,19,22)(H,18,20,21). The van der Waals surface area contributed by atoms with Crippen LogP contribution in [-0.4, -0.2) is 21.9 Å². The van der Waals surface area contributed by atoms with Crippen LogP contribution in [0.25, 0.3) is 0 Å². The fraction of sp³-hybridized carbons (Fsp3) is 0.267. The van der Waals surface area contributed by atoms with Crippen LogP contribution < -0.4 is 10.6 Å². The summed E-state index contributed by atoms with van der Waals surface area (Å²) >= 11 is 0. The highest BCUT2D eigenvalue weighted by molar-refractivity contribution is 5.93. The number of aryl methyl sites for hydroxylation is 1. The van der Waals surface area contributed by atoms with E-state index in [4.69, 9.17) is 0 Å². The molecule has 1 fully saturated rings. The van der Waals surface area contributed by atoms with E-state index in [1.54, 1.807) is 13.0 Å². The molecule has 0 atom stereocenters. The zero-order valence-corrected chi connectivity index (χ0v) is 11.9. The zero-order chi connectivity index (χ0) is 15.7. The number of carbonyl (C=O) groups is 1. The molecule has 1 aliphatic rings. The van der Waals surface area contributed by atoms with E-state index in [0.717, 1.165) is 25.0 Å². The largest absolute Gasteiger partial charge is 0.348 e. The maximum atomic E-state index is 13.6. The van der Waals surface area contributed by atoms with Crippen molar-refractivity contribution in [2.24, 2.45) is 0 Å². The van der Waals surface area contributed by atoms with Crippen molar-refractivity contribution < 1.29 is 13.6 Å². The Hall–Kier alpha value is -2.57. The molecule has 0 saturated heterocycles. The van der Waals surface area contributed by atoms with Crippen LogP contribution in [0, 0.1) is 18.6 Å². The second-order valence-electron chi connectivity index (χ2n) is 5.22. The summed E-state index contributed by atoms with van der Waals surface area (Å²) in [6, 6.07) is 4.92. The molecule has 1 amide bonds. The molecule has 22 heavy (non-hydrogen) atoms. The van der Waals surface area contributed by atoms with Crippen molar-refractivity contribution in [1.29, 1.82) is 0 Å². The van der Waals surface area contributed by atoms with Crippen molar-refractivity contribution in [2.45, 2.75) is 25.8 Å². The fourth-order valence-electron chi connectivity index (χ4n) is 1.94. The van der Waals surface area contributed by atoms with E-state index in [0.29, 0.717) is 5.69 Å². The molecule has 2 N–H and O–H groups in total. The van der Waals surface area contributed by atoms with Crippen LogP contribution in [0.1, 0.15) is 29.0 Å².